The summed E-state index contributed by atoms with van der Waals surface area (Å²) in [6.45, 7) is 9.74. The fraction of sp³-hybridized carbons (Fsp3) is 0.524. The van der Waals surface area contributed by atoms with Gasteiger partial charge in [-0.2, -0.15) is 5.10 Å². The Kier molecular flexibility index (Phi) is 8.44. The van der Waals surface area contributed by atoms with Crippen LogP contribution >= 0.6 is 0 Å². The first-order valence-electron chi connectivity index (χ1n) is 9.97. The molecule has 0 radical (unpaired) electrons. The molecule has 28 heavy (non-hydrogen) atoms. The number of urea groups is 1. The molecule has 0 spiro atoms. The lowest BCUT2D eigenvalue weighted by atomic mass is 10.1. The predicted octanol–water partition coefficient (Wildman–Crippen LogP) is 3.52. The SMILES string of the molecule is CCN(CC)C[C@H](C)NC(=O)N(C)CCCc1cc(-c2cccc(F)c2)n[nH]1. The van der Waals surface area contributed by atoms with Crippen LogP contribution in [0.1, 0.15) is 32.9 Å². The maximum Gasteiger partial charge on any atom is 0.317 e. The molecule has 0 unspecified atom stereocenters. The van der Waals surface area contributed by atoms with Crippen LogP contribution in [0.5, 0.6) is 0 Å². The van der Waals surface area contributed by atoms with Crippen LogP contribution in [0.2, 0.25) is 0 Å². The fourth-order valence-corrected chi connectivity index (χ4v) is 3.13. The van der Waals surface area contributed by atoms with Gasteiger partial charge in [-0.15, -0.1) is 0 Å². The van der Waals surface area contributed by atoms with Crippen molar-refractivity contribution in [2.75, 3.05) is 33.2 Å². The summed E-state index contributed by atoms with van der Waals surface area (Å²) in [6.07, 6.45) is 1.59. The van der Waals surface area contributed by atoms with Crippen LogP contribution in [-0.2, 0) is 6.42 Å². The first-order valence-corrected chi connectivity index (χ1v) is 9.97. The van der Waals surface area contributed by atoms with Crippen molar-refractivity contribution in [3.8, 4) is 11.3 Å². The minimum atomic E-state index is -0.273. The van der Waals surface area contributed by atoms with Crippen molar-refractivity contribution >= 4 is 6.03 Å². The van der Waals surface area contributed by atoms with Crippen molar-refractivity contribution in [2.24, 2.45) is 0 Å². The van der Waals surface area contributed by atoms with Crippen molar-refractivity contribution in [1.29, 1.82) is 0 Å². The summed E-state index contributed by atoms with van der Waals surface area (Å²) < 4.78 is 13.3. The Morgan fingerprint density at radius 3 is 2.71 bits per heavy atom. The maximum absolute atomic E-state index is 13.3. The normalized spacial score (nSPS) is 12.2. The van der Waals surface area contributed by atoms with Crippen LogP contribution in [0.15, 0.2) is 30.3 Å². The number of carbonyl (C=O) groups is 1. The van der Waals surface area contributed by atoms with Crippen LogP contribution < -0.4 is 5.32 Å². The largest absolute Gasteiger partial charge is 0.334 e. The smallest absolute Gasteiger partial charge is 0.317 e. The zero-order valence-corrected chi connectivity index (χ0v) is 17.3. The van der Waals surface area contributed by atoms with Gasteiger partial charge < -0.3 is 15.1 Å². The van der Waals surface area contributed by atoms with E-state index in [2.05, 4.69) is 34.3 Å². The number of likely N-dealkylation sites (N-methyl/N-ethyl adjacent to an activating group) is 1. The number of benzene rings is 1. The topological polar surface area (TPSA) is 64.3 Å². The van der Waals surface area contributed by atoms with E-state index in [1.165, 1.54) is 12.1 Å². The maximum atomic E-state index is 13.3. The molecule has 2 rings (SSSR count). The molecule has 7 heteroatoms. The van der Waals surface area contributed by atoms with Crippen molar-refractivity contribution in [1.82, 2.24) is 25.3 Å². The summed E-state index contributed by atoms with van der Waals surface area (Å²) >= 11 is 0. The van der Waals surface area contributed by atoms with Gasteiger partial charge in [0.05, 0.1) is 5.69 Å². The van der Waals surface area contributed by atoms with Gasteiger partial charge in [-0.3, -0.25) is 5.10 Å². The van der Waals surface area contributed by atoms with E-state index in [0.717, 1.165) is 49.4 Å². The Bertz CT molecular complexity index is 744. The molecular formula is C21H32FN5O. The van der Waals surface area contributed by atoms with E-state index in [0.29, 0.717) is 6.54 Å². The number of hydrogen-bond donors (Lipinski definition) is 2. The lowest BCUT2D eigenvalue weighted by Gasteiger charge is -2.25. The second-order valence-electron chi connectivity index (χ2n) is 7.15. The molecule has 0 aliphatic rings. The van der Waals surface area contributed by atoms with Gasteiger partial charge in [-0.05, 0) is 51.1 Å². The third-order valence-corrected chi connectivity index (χ3v) is 4.83. The second-order valence-corrected chi connectivity index (χ2v) is 7.15. The minimum absolute atomic E-state index is 0.0512. The van der Waals surface area contributed by atoms with Crippen LogP contribution in [-0.4, -0.2) is 65.3 Å². The molecule has 2 aromatic rings. The summed E-state index contributed by atoms with van der Waals surface area (Å²) in [7, 11) is 1.81. The van der Waals surface area contributed by atoms with Gasteiger partial charge >= 0.3 is 6.03 Å². The highest BCUT2D eigenvalue weighted by Gasteiger charge is 2.14. The Morgan fingerprint density at radius 2 is 2.04 bits per heavy atom. The molecule has 1 aromatic carbocycles. The number of carbonyl (C=O) groups excluding carboxylic acids is 1. The van der Waals surface area contributed by atoms with E-state index in [-0.39, 0.29) is 17.9 Å². The summed E-state index contributed by atoms with van der Waals surface area (Å²) in [6, 6.07) is 8.38. The van der Waals surface area contributed by atoms with E-state index in [9.17, 15) is 9.18 Å². The van der Waals surface area contributed by atoms with Crippen LogP contribution in [0.25, 0.3) is 11.3 Å². The summed E-state index contributed by atoms with van der Waals surface area (Å²) in [5, 5.41) is 10.3. The van der Waals surface area contributed by atoms with Crippen molar-refractivity contribution in [2.45, 2.75) is 39.7 Å². The Balaban J connectivity index is 1.76. The monoisotopic (exact) mass is 389 g/mol. The minimum Gasteiger partial charge on any atom is -0.334 e. The fourth-order valence-electron chi connectivity index (χ4n) is 3.13. The van der Waals surface area contributed by atoms with Crippen molar-refractivity contribution in [3.63, 3.8) is 0 Å². The Labute approximate surface area is 167 Å². The first-order chi connectivity index (χ1) is 13.4. The molecule has 0 aliphatic heterocycles. The molecule has 0 bridgehead atoms. The number of aromatic amines is 1. The zero-order valence-electron chi connectivity index (χ0n) is 17.3. The number of H-pyrrole nitrogens is 1. The summed E-state index contributed by atoms with van der Waals surface area (Å²) in [5.74, 6) is -0.273. The number of halogens is 1. The standard InChI is InChI=1S/C21H32FN5O/c1-5-27(6-2)15-16(3)23-21(28)26(4)12-8-11-19-14-20(25-24-19)17-9-7-10-18(22)13-17/h7,9-10,13-14,16H,5-6,8,11-12,15H2,1-4H3,(H,23,28)(H,24,25)/t16-/m0/s1. The molecule has 0 saturated heterocycles. The summed E-state index contributed by atoms with van der Waals surface area (Å²) in [5.41, 5.74) is 2.45. The molecule has 1 aromatic heterocycles. The average Bonchev–Trinajstić information content (AvgIpc) is 3.15. The molecule has 0 fully saturated rings. The number of amides is 2. The number of aromatic nitrogens is 2. The second kappa shape index (κ2) is 10.8. The molecule has 1 heterocycles. The van der Waals surface area contributed by atoms with Gasteiger partial charge in [0.25, 0.3) is 0 Å². The Hall–Kier alpha value is -2.41. The zero-order chi connectivity index (χ0) is 20.5. The third kappa shape index (κ3) is 6.64. The van der Waals surface area contributed by atoms with E-state index in [1.54, 1.807) is 11.0 Å². The quantitative estimate of drug-likeness (QED) is 0.653. The number of nitrogens with one attached hydrogen (secondary N) is 2. The molecular weight excluding hydrogens is 357 g/mol. The number of rotatable bonds is 10. The van der Waals surface area contributed by atoms with E-state index >= 15 is 0 Å². The average molecular weight is 390 g/mol. The lowest BCUT2D eigenvalue weighted by Crippen LogP contribution is -2.47. The third-order valence-electron chi connectivity index (χ3n) is 4.83. The van der Waals surface area contributed by atoms with E-state index < -0.39 is 0 Å². The number of nitrogens with zero attached hydrogens (tertiary/aromatic N) is 3. The molecule has 1 atom stereocenters. The molecule has 154 valence electrons. The van der Waals surface area contributed by atoms with Gasteiger partial charge in [-0.25, -0.2) is 9.18 Å². The van der Waals surface area contributed by atoms with Gasteiger partial charge in [0.15, 0.2) is 0 Å². The van der Waals surface area contributed by atoms with Crippen molar-refractivity contribution < 1.29 is 9.18 Å². The highest BCUT2D eigenvalue weighted by molar-refractivity contribution is 5.74. The van der Waals surface area contributed by atoms with Crippen molar-refractivity contribution in [3.05, 3.63) is 41.8 Å². The molecule has 6 nitrogen and oxygen atoms in total. The van der Waals surface area contributed by atoms with E-state index in [1.807, 2.05) is 26.1 Å². The Morgan fingerprint density at radius 1 is 1.29 bits per heavy atom. The van der Waals surface area contributed by atoms with Crippen LogP contribution in [0.4, 0.5) is 9.18 Å². The molecule has 0 aliphatic carbocycles. The predicted molar refractivity (Wildman–Crippen MR) is 111 cm³/mol. The van der Waals surface area contributed by atoms with E-state index in [4.69, 9.17) is 0 Å². The highest BCUT2D eigenvalue weighted by Crippen LogP contribution is 2.19. The van der Waals surface area contributed by atoms with Crippen LogP contribution in [0.3, 0.4) is 0 Å². The van der Waals surface area contributed by atoms with Gasteiger partial charge in [-0.1, -0.05) is 26.0 Å². The van der Waals surface area contributed by atoms with Gasteiger partial charge in [0.1, 0.15) is 5.82 Å². The highest BCUT2D eigenvalue weighted by atomic mass is 19.1. The lowest BCUT2D eigenvalue weighted by molar-refractivity contribution is 0.198. The molecule has 2 amide bonds. The van der Waals surface area contributed by atoms with Gasteiger partial charge in [0.2, 0.25) is 0 Å². The number of hydrogen-bond acceptors (Lipinski definition) is 3. The van der Waals surface area contributed by atoms with Gasteiger partial charge in [0, 0.05) is 37.4 Å². The molecule has 2 N–H and O–H groups in total. The van der Waals surface area contributed by atoms with Crippen LogP contribution in [0, 0.1) is 5.82 Å². The number of aryl methyl sites for hydroxylation is 1. The first kappa shape index (κ1) is 21.9. The molecule has 0 saturated carbocycles. The summed E-state index contributed by atoms with van der Waals surface area (Å²) in [4.78, 5) is 16.3.